The minimum Gasteiger partial charge on any atom is -0.378 e. The van der Waals surface area contributed by atoms with E-state index in [9.17, 15) is 14.9 Å². The van der Waals surface area contributed by atoms with Gasteiger partial charge in [-0.05, 0) is 53.4 Å². The van der Waals surface area contributed by atoms with Crippen LogP contribution in [0, 0.1) is 10.1 Å². The number of nitro benzene ring substituents is 1. The standard InChI is InChI=1S/C35H26N6O3/c1-38(2)22-12-10-21(11-13-22)32-20-30(37-40(32)23-14-16-24(17-15-23)41(43)44)25-18-19-28-33-26(25)6-5-7-27(33)34-36-29-8-3-4-9-31(29)39(34)35(28)42/h3-19,32H,20H2,1-2H3. The Morgan fingerprint density at radius 3 is 2.34 bits per heavy atom. The molecule has 1 aliphatic rings. The lowest BCUT2D eigenvalue weighted by molar-refractivity contribution is -0.384. The van der Waals surface area contributed by atoms with Crippen LogP contribution in [0.2, 0.25) is 0 Å². The molecule has 1 unspecified atom stereocenters. The van der Waals surface area contributed by atoms with Crippen LogP contribution in [0.4, 0.5) is 17.1 Å². The third-order valence-corrected chi connectivity index (χ3v) is 8.62. The second-order valence-electron chi connectivity index (χ2n) is 11.3. The van der Waals surface area contributed by atoms with Crippen LogP contribution in [0.5, 0.6) is 0 Å². The Hall–Kier alpha value is -5.83. The normalized spacial score (nSPS) is 15.1. The third-order valence-electron chi connectivity index (χ3n) is 8.62. The first-order valence-corrected chi connectivity index (χ1v) is 14.4. The number of aromatic nitrogens is 2. The minimum absolute atomic E-state index is 0.0308. The monoisotopic (exact) mass is 578 g/mol. The highest BCUT2D eigenvalue weighted by Gasteiger charge is 2.31. The lowest BCUT2D eigenvalue weighted by Gasteiger charge is -2.24. The zero-order valence-electron chi connectivity index (χ0n) is 24.0. The number of para-hydroxylation sites is 2. The number of rotatable bonds is 5. The van der Waals surface area contributed by atoms with E-state index in [0.717, 1.165) is 55.4 Å². The molecular formula is C35H26N6O3. The first kappa shape index (κ1) is 25.8. The molecule has 0 N–H and O–H groups in total. The van der Waals surface area contributed by atoms with Gasteiger partial charge in [-0.15, -0.1) is 0 Å². The van der Waals surface area contributed by atoms with E-state index in [4.69, 9.17) is 10.1 Å². The minimum atomic E-state index is -0.398. The molecule has 1 aliphatic heterocycles. The van der Waals surface area contributed by atoms with Gasteiger partial charge >= 0.3 is 0 Å². The number of non-ortho nitro benzene ring substituents is 1. The van der Waals surface area contributed by atoms with Gasteiger partial charge in [0.25, 0.3) is 11.2 Å². The molecule has 0 fully saturated rings. The highest BCUT2D eigenvalue weighted by atomic mass is 16.6. The van der Waals surface area contributed by atoms with Gasteiger partial charge in [-0.3, -0.25) is 24.3 Å². The first-order chi connectivity index (χ1) is 21.4. The Labute approximate surface area is 251 Å². The smallest absolute Gasteiger partial charge is 0.269 e. The summed E-state index contributed by atoms with van der Waals surface area (Å²) in [5.41, 5.74) is 6.91. The predicted molar refractivity (Wildman–Crippen MR) is 175 cm³/mol. The number of hydrogen-bond donors (Lipinski definition) is 0. The van der Waals surface area contributed by atoms with Crippen molar-refractivity contribution < 1.29 is 4.92 Å². The quantitative estimate of drug-likeness (QED) is 0.162. The molecule has 214 valence electrons. The van der Waals surface area contributed by atoms with Crippen LogP contribution in [-0.2, 0) is 0 Å². The first-order valence-electron chi connectivity index (χ1n) is 14.4. The van der Waals surface area contributed by atoms with Crippen LogP contribution in [0.15, 0.2) is 113 Å². The van der Waals surface area contributed by atoms with Gasteiger partial charge < -0.3 is 4.90 Å². The van der Waals surface area contributed by atoms with Crippen LogP contribution in [-0.4, -0.2) is 34.1 Å². The van der Waals surface area contributed by atoms with Gasteiger partial charge in [-0.25, -0.2) is 4.98 Å². The molecule has 0 saturated heterocycles. The maximum Gasteiger partial charge on any atom is 0.269 e. The van der Waals surface area contributed by atoms with Gasteiger partial charge in [0.1, 0.15) is 5.65 Å². The fourth-order valence-electron chi connectivity index (χ4n) is 6.45. The molecule has 0 spiro atoms. The molecule has 5 aromatic carbocycles. The van der Waals surface area contributed by atoms with Crippen LogP contribution in [0.1, 0.15) is 23.6 Å². The summed E-state index contributed by atoms with van der Waals surface area (Å²) in [6.07, 6.45) is 0.615. The van der Waals surface area contributed by atoms with Crippen molar-refractivity contribution in [3.05, 3.63) is 135 Å². The van der Waals surface area contributed by atoms with Gasteiger partial charge in [0.2, 0.25) is 0 Å². The van der Waals surface area contributed by atoms with Gasteiger partial charge in [-0.1, -0.05) is 48.5 Å². The van der Waals surface area contributed by atoms with Crippen molar-refractivity contribution in [2.45, 2.75) is 12.5 Å². The average molecular weight is 579 g/mol. The molecular weight excluding hydrogens is 552 g/mol. The Bertz CT molecular complexity index is 2340. The summed E-state index contributed by atoms with van der Waals surface area (Å²) in [7, 11) is 4.01. The number of fused-ring (bicyclic) bond motifs is 4. The van der Waals surface area contributed by atoms with E-state index >= 15 is 0 Å². The summed E-state index contributed by atoms with van der Waals surface area (Å²) in [4.78, 5) is 31.7. The topological polar surface area (TPSA) is 96.3 Å². The maximum absolute atomic E-state index is 13.9. The summed E-state index contributed by atoms with van der Waals surface area (Å²) >= 11 is 0. The van der Waals surface area contributed by atoms with Crippen molar-refractivity contribution in [2.75, 3.05) is 24.0 Å². The number of hydrazone groups is 1. The number of hydrogen-bond acceptors (Lipinski definition) is 7. The van der Waals surface area contributed by atoms with Crippen molar-refractivity contribution in [2.24, 2.45) is 5.10 Å². The molecule has 0 saturated carbocycles. The van der Waals surface area contributed by atoms with E-state index in [0.29, 0.717) is 17.5 Å². The molecule has 44 heavy (non-hydrogen) atoms. The maximum atomic E-state index is 13.9. The number of imidazole rings is 1. The molecule has 1 atom stereocenters. The predicted octanol–water partition coefficient (Wildman–Crippen LogP) is 6.92. The summed E-state index contributed by atoms with van der Waals surface area (Å²) < 4.78 is 1.71. The van der Waals surface area contributed by atoms with E-state index in [2.05, 4.69) is 29.2 Å². The van der Waals surface area contributed by atoms with Crippen molar-refractivity contribution in [3.8, 4) is 0 Å². The van der Waals surface area contributed by atoms with E-state index in [1.54, 1.807) is 16.5 Å². The fourth-order valence-corrected chi connectivity index (χ4v) is 6.45. The largest absolute Gasteiger partial charge is 0.378 e. The zero-order chi connectivity index (χ0) is 30.1. The van der Waals surface area contributed by atoms with Gasteiger partial charge in [0, 0.05) is 60.1 Å². The number of benzene rings is 5. The Morgan fingerprint density at radius 2 is 1.59 bits per heavy atom. The lowest BCUT2D eigenvalue weighted by Crippen LogP contribution is -2.18. The second kappa shape index (κ2) is 9.60. The van der Waals surface area contributed by atoms with Gasteiger partial charge in [0.05, 0.1) is 33.4 Å². The Morgan fingerprint density at radius 1 is 0.841 bits per heavy atom. The summed E-state index contributed by atoms with van der Waals surface area (Å²) in [5.74, 6) is 0. The molecule has 3 heterocycles. The van der Waals surface area contributed by atoms with Crippen LogP contribution < -0.4 is 15.5 Å². The van der Waals surface area contributed by atoms with E-state index < -0.39 is 4.92 Å². The van der Waals surface area contributed by atoms with Crippen molar-refractivity contribution >= 4 is 61.0 Å². The van der Waals surface area contributed by atoms with E-state index in [1.807, 2.05) is 73.7 Å². The van der Waals surface area contributed by atoms with E-state index in [-0.39, 0.29) is 17.3 Å². The zero-order valence-corrected chi connectivity index (χ0v) is 24.0. The molecule has 0 aliphatic carbocycles. The Kier molecular flexibility index (Phi) is 5.64. The van der Waals surface area contributed by atoms with Crippen molar-refractivity contribution in [1.29, 1.82) is 0 Å². The van der Waals surface area contributed by atoms with Crippen LogP contribution >= 0.6 is 0 Å². The Balaban J connectivity index is 1.31. The molecule has 9 heteroatoms. The van der Waals surface area contributed by atoms with Gasteiger partial charge in [0.15, 0.2) is 0 Å². The third kappa shape index (κ3) is 3.82. The summed E-state index contributed by atoms with van der Waals surface area (Å²) in [6, 6.07) is 32.4. The molecule has 9 nitrogen and oxygen atoms in total. The number of pyridine rings is 1. The summed E-state index contributed by atoms with van der Waals surface area (Å²) in [5, 5.41) is 21.8. The molecule has 0 bridgehead atoms. The second-order valence-corrected chi connectivity index (χ2v) is 11.3. The average Bonchev–Trinajstić information content (AvgIpc) is 3.66. The number of nitro groups is 1. The molecule has 0 radical (unpaired) electrons. The summed E-state index contributed by atoms with van der Waals surface area (Å²) in [6.45, 7) is 0. The fraction of sp³-hybridized carbons (Fsp3) is 0.114. The van der Waals surface area contributed by atoms with Crippen LogP contribution in [0.25, 0.3) is 38.2 Å². The van der Waals surface area contributed by atoms with Crippen molar-refractivity contribution in [3.63, 3.8) is 0 Å². The van der Waals surface area contributed by atoms with Gasteiger partial charge in [-0.2, -0.15) is 5.10 Å². The van der Waals surface area contributed by atoms with Crippen LogP contribution in [0.3, 0.4) is 0 Å². The number of nitrogens with zero attached hydrogens (tertiary/aromatic N) is 6. The molecule has 8 rings (SSSR count). The highest BCUT2D eigenvalue weighted by molar-refractivity contribution is 6.22. The molecule has 2 aromatic heterocycles. The highest BCUT2D eigenvalue weighted by Crippen LogP contribution is 2.40. The lowest BCUT2D eigenvalue weighted by atomic mass is 9.92. The molecule has 7 aromatic rings. The SMILES string of the molecule is CN(C)c1ccc(C2CC(c3ccc4c(=O)n5c6ccccc6nc5c5cccc3c45)=NN2c2ccc([N+](=O)[O-])cc2)cc1. The molecule has 0 amide bonds. The van der Waals surface area contributed by atoms with Crippen molar-refractivity contribution in [1.82, 2.24) is 9.38 Å². The van der Waals surface area contributed by atoms with E-state index in [1.165, 1.54) is 12.1 Å². The number of anilines is 2.